The summed E-state index contributed by atoms with van der Waals surface area (Å²) < 4.78 is 21.8. The van der Waals surface area contributed by atoms with E-state index in [2.05, 4.69) is 0 Å². The Bertz CT molecular complexity index is 97.1. The molecule has 6 heteroatoms. The van der Waals surface area contributed by atoms with Gasteiger partial charge in [-0.25, -0.2) is 0 Å². The molecule has 0 N–H and O–H groups in total. The summed E-state index contributed by atoms with van der Waals surface area (Å²) in [4.78, 5) is 0. The van der Waals surface area contributed by atoms with Crippen molar-refractivity contribution in [2.24, 2.45) is 0 Å². The van der Waals surface area contributed by atoms with Crippen LogP contribution in [-0.4, -0.2) is 75.9 Å². The van der Waals surface area contributed by atoms with Gasteiger partial charge in [0.2, 0.25) is 0 Å². The van der Waals surface area contributed by atoms with E-state index in [-0.39, 0.29) is 0 Å². The van der Waals surface area contributed by atoms with Gasteiger partial charge >= 0.3 is 0 Å². The lowest BCUT2D eigenvalue weighted by atomic mass is 10.7. The second-order valence-electron chi connectivity index (χ2n) is 3.67. The van der Waals surface area contributed by atoms with Crippen LogP contribution in [0.15, 0.2) is 0 Å². The maximum Gasteiger partial charge on any atom is 0.0701 e. The number of hydrogen-bond acceptors (Lipinski definition) is 6. The van der Waals surface area contributed by atoms with Crippen molar-refractivity contribution in [3.05, 3.63) is 0 Å². The fourth-order valence-electron chi connectivity index (χ4n) is 1.32. The molecule has 0 spiro atoms. The van der Waals surface area contributed by atoms with Gasteiger partial charge in [-0.15, -0.1) is 0 Å². The van der Waals surface area contributed by atoms with E-state index in [1.54, 1.807) is 0 Å². The molecule has 0 atom stereocenters. The fourth-order valence-corrected chi connectivity index (χ4v) is 2.67. The largest absolute Gasteiger partial charge is 0.380 e. The van der Waals surface area contributed by atoms with E-state index >= 15 is 0 Å². The van der Waals surface area contributed by atoms with E-state index in [0.717, 1.165) is 49.4 Å². The Hall–Kier alpha value is 0.540. The summed E-state index contributed by atoms with van der Waals surface area (Å²) in [6, 6.07) is 0. The average Bonchev–Trinajstić information content (AvgIpc) is 2.39. The maximum absolute atomic E-state index is 5.54. The Morgan fingerprint density at radius 1 is 0.389 bits per heavy atom. The highest BCUT2D eigenvalue weighted by Crippen LogP contribution is 2.02. The molecule has 0 bridgehead atoms. The molecular weight excluding hydrogens is 272 g/mol. The van der Waals surface area contributed by atoms with Crippen molar-refractivity contribution in [3.8, 4) is 0 Å². The SMILES string of the molecule is C1COCCSCCOCCSCCOCCO1. The van der Waals surface area contributed by atoms with Gasteiger partial charge in [-0.3, -0.25) is 0 Å². The Morgan fingerprint density at radius 2 is 0.667 bits per heavy atom. The van der Waals surface area contributed by atoms with Crippen LogP contribution in [0.2, 0.25) is 0 Å². The predicted molar refractivity (Wildman–Crippen MR) is 77.9 cm³/mol. The van der Waals surface area contributed by atoms with E-state index in [9.17, 15) is 0 Å². The third kappa shape index (κ3) is 11.6. The summed E-state index contributed by atoms with van der Waals surface area (Å²) in [6.45, 7) is 5.92. The summed E-state index contributed by atoms with van der Waals surface area (Å²) in [7, 11) is 0. The molecular formula is C12H24O4S2. The Labute approximate surface area is 118 Å². The van der Waals surface area contributed by atoms with Crippen LogP contribution in [0.25, 0.3) is 0 Å². The molecule has 1 saturated heterocycles. The van der Waals surface area contributed by atoms with Crippen LogP contribution in [0, 0.1) is 0 Å². The molecule has 0 saturated carbocycles. The van der Waals surface area contributed by atoms with Gasteiger partial charge in [0.25, 0.3) is 0 Å². The highest BCUT2D eigenvalue weighted by atomic mass is 32.2. The minimum atomic E-state index is 0.659. The lowest BCUT2D eigenvalue weighted by Gasteiger charge is -2.08. The van der Waals surface area contributed by atoms with Crippen LogP contribution < -0.4 is 0 Å². The zero-order valence-electron chi connectivity index (χ0n) is 10.9. The summed E-state index contributed by atoms with van der Waals surface area (Å²) in [5.41, 5.74) is 0. The third-order valence-electron chi connectivity index (χ3n) is 2.23. The van der Waals surface area contributed by atoms with Crippen LogP contribution >= 0.6 is 23.5 Å². The number of ether oxygens (including phenoxy) is 4. The molecule has 18 heavy (non-hydrogen) atoms. The van der Waals surface area contributed by atoms with Crippen molar-refractivity contribution in [1.82, 2.24) is 0 Å². The molecule has 0 aromatic rings. The van der Waals surface area contributed by atoms with Gasteiger partial charge in [-0.1, -0.05) is 0 Å². The summed E-state index contributed by atoms with van der Waals surface area (Å²) in [5.74, 6) is 4.16. The van der Waals surface area contributed by atoms with Gasteiger partial charge in [0.1, 0.15) is 0 Å². The van der Waals surface area contributed by atoms with Crippen molar-refractivity contribution in [2.45, 2.75) is 0 Å². The maximum atomic E-state index is 5.54. The molecule has 0 aromatic carbocycles. The van der Waals surface area contributed by atoms with Gasteiger partial charge < -0.3 is 18.9 Å². The van der Waals surface area contributed by atoms with Gasteiger partial charge in [-0.2, -0.15) is 23.5 Å². The first-order valence-electron chi connectivity index (χ1n) is 6.46. The zero-order chi connectivity index (χ0) is 12.7. The van der Waals surface area contributed by atoms with E-state index in [1.807, 2.05) is 23.5 Å². The normalized spacial score (nSPS) is 24.0. The standard InChI is InChI=1S/C12H24O4S2/c1-3-14-5-9-17-11-7-16-8-12-18-10-6-15-4-2-13-1/h1-12H2. The number of hydrogen-bond donors (Lipinski definition) is 0. The van der Waals surface area contributed by atoms with Gasteiger partial charge in [0.15, 0.2) is 0 Å². The second kappa shape index (κ2) is 14.0. The second-order valence-corrected chi connectivity index (χ2v) is 6.12. The van der Waals surface area contributed by atoms with Crippen molar-refractivity contribution in [1.29, 1.82) is 0 Å². The molecule has 0 unspecified atom stereocenters. The zero-order valence-corrected chi connectivity index (χ0v) is 12.6. The van der Waals surface area contributed by atoms with Crippen molar-refractivity contribution >= 4 is 23.5 Å². The average molecular weight is 296 g/mol. The third-order valence-corrected chi connectivity index (χ3v) is 4.05. The molecule has 1 aliphatic rings. The van der Waals surface area contributed by atoms with Crippen LogP contribution in [-0.2, 0) is 18.9 Å². The van der Waals surface area contributed by atoms with Crippen molar-refractivity contribution in [2.75, 3.05) is 75.9 Å². The lowest BCUT2D eigenvalue weighted by Crippen LogP contribution is -2.12. The van der Waals surface area contributed by atoms with E-state index < -0.39 is 0 Å². The lowest BCUT2D eigenvalue weighted by molar-refractivity contribution is 0.0205. The minimum absolute atomic E-state index is 0.659. The Morgan fingerprint density at radius 3 is 1.06 bits per heavy atom. The predicted octanol–water partition coefficient (Wildman–Crippen LogP) is 1.53. The monoisotopic (exact) mass is 296 g/mol. The van der Waals surface area contributed by atoms with Crippen LogP contribution in [0.4, 0.5) is 0 Å². The molecule has 1 heterocycles. The number of thioether (sulfide) groups is 2. The van der Waals surface area contributed by atoms with Crippen LogP contribution in [0.3, 0.4) is 0 Å². The molecule has 0 amide bonds. The van der Waals surface area contributed by atoms with Crippen molar-refractivity contribution in [3.63, 3.8) is 0 Å². The smallest absolute Gasteiger partial charge is 0.0701 e. The topological polar surface area (TPSA) is 36.9 Å². The first-order chi connectivity index (χ1) is 9.00. The molecule has 4 nitrogen and oxygen atoms in total. The minimum Gasteiger partial charge on any atom is -0.380 e. The summed E-state index contributed by atoms with van der Waals surface area (Å²) in [5, 5.41) is 0. The highest BCUT2D eigenvalue weighted by Gasteiger charge is 1.96. The Balaban J connectivity index is 2.00. The van der Waals surface area contributed by atoms with Gasteiger partial charge in [-0.05, 0) is 0 Å². The number of rotatable bonds is 0. The molecule has 108 valence electrons. The molecule has 0 aliphatic carbocycles. The summed E-state index contributed by atoms with van der Waals surface area (Å²) >= 11 is 3.76. The molecule has 1 rings (SSSR count). The van der Waals surface area contributed by atoms with E-state index in [1.165, 1.54) is 0 Å². The first kappa shape index (κ1) is 16.6. The van der Waals surface area contributed by atoms with E-state index in [4.69, 9.17) is 18.9 Å². The molecule has 1 aliphatic heterocycles. The van der Waals surface area contributed by atoms with Crippen molar-refractivity contribution < 1.29 is 18.9 Å². The Kier molecular flexibility index (Phi) is 12.9. The van der Waals surface area contributed by atoms with E-state index in [0.29, 0.717) is 26.4 Å². The van der Waals surface area contributed by atoms with Gasteiger partial charge in [0, 0.05) is 23.0 Å². The molecule has 0 radical (unpaired) electrons. The fraction of sp³-hybridized carbons (Fsp3) is 1.00. The molecule has 0 aromatic heterocycles. The molecule has 1 fully saturated rings. The quantitative estimate of drug-likeness (QED) is 0.675. The van der Waals surface area contributed by atoms with Gasteiger partial charge in [0.05, 0.1) is 52.9 Å². The first-order valence-corrected chi connectivity index (χ1v) is 8.77. The summed E-state index contributed by atoms with van der Waals surface area (Å²) in [6.07, 6.45) is 0. The van der Waals surface area contributed by atoms with Crippen LogP contribution in [0.5, 0.6) is 0 Å². The van der Waals surface area contributed by atoms with Crippen LogP contribution in [0.1, 0.15) is 0 Å². The highest BCUT2D eigenvalue weighted by molar-refractivity contribution is 7.99.